The number of methoxy groups -OCH3 is 1. The molecule has 2 heterocycles. The molecule has 2 aliphatic heterocycles. The molecule has 4 N–H and O–H groups in total. The van der Waals surface area contributed by atoms with Crippen LogP contribution in [0, 0.1) is 34.5 Å². The molecule has 9 heteroatoms. The summed E-state index contributed by atoms with van der Waals surface area (Å²) in [6.45, 7) is 6.48. The molecule has 220 valence electrons. The number of ether oxygens (including phenoxy) is 4. The Kier molecular flexibility index (Phi) is 7.02. The van der Waals surface area contributed by atoms with Crippen LogP contribution in [0.1, 0.15) is 72.1 Å². The molecular weight excluding hydrogens is 504 g/mol. The minimum atomic E-state index is -1.06. The highest BCUT2D eigenvalue weighted by molar-refractivity contribution is 5.85. The number of hydrogen-bond acceptors (Lipinski definition) is 9. The van der Waals surface area contributed by atoms with Gasteiger partial charge in [-0.05, 0) is 80.6 Å². The van der Waals surface area contributed by atoms with E-state index in [9.17, 15) is 25.2 Å². The van der Waals surface area contributed by atoms with Crippen molar-refractivity contribution in [2.45, 2.75) is 121 Å². The van der Waals surface area contributed by atoms with Gasteiger partial charge in [-0.2, -0.15) is 0 Å². The predicted molar refractivity (Wildman–Crippen MR) is 139 cm³/mol. The number of rotatable bonds is 4. The zero-order valence-electron chi connectivity index (χ0n) is 23.6. The van der Waals surface area contributed by atoms with E-state index in [4.69, 9.17) is 18.9 Å². The maximum Gasteiger partial charge on any atom is 0.331 e. The van der Waals surface area contributed by atoms with E-state index in [2.05, 4.69) is 13.8 Å². The zero-order chi connectivity index (χ0) is 27.9. The summed E-state index contributed by atoms with van der Waals surface area (Å²) in [7, 11) is 1.48. The maximum atomic E-state index is 12.4. The van der Waals surface area contributed by atoms with Crippen molar-refractivity contribution in [2.75, 3.05) is 13.7 Å². The fraction of sp³-hybridized carbons (Fsp3) is 0.900. The third-order valence-electron chi connectivity index (χ3n) is 12.3. The first-order valence-electron chi connectivity index (χ1n) is 14.9. The van der Waals surface area contributed by atoms with Crippen molar-refractivity contribution in [2.24, 2.45) is 34.5 Å². The topological polar surface area (TPSA) is 135 Å². The Labute approximate surface area is 230 Å². The number of aliphatic hydroxyl groups excluding tert-OH is 3. The summed E-state index contributed by atoms with van der Waals surface area (Å²) in [6.07, 6.45) is 3.40. The molecule has 0 spiro atoms. The van der Waals surface area contributed by atoms with Crippen LogP contribution in [0.3, 0.4) is 0 Å². The van der Waals surface area contributed by atoms with Gasteiger partial charge in [-0.3, -0.25) is 0 Å². The first-order chi connectivity index (χ1) is 18.4. The molecule has 14 atom stereocenters. The quantitative estimate of drug-likeness (QED) is 0.307. The Balaban J connectivity index is 1.17. The summed E-state index contributed by atoms with van der Waals surface area (Å²) >= 11 is 0. The van der Waals surface area contributed by atoms with Crippen molar-refractivity contribution in [1.29, 1.82) is 0 Å². The van der Waals surface area contributed by atoms with Crippen LogP contribution in [0.4, 0.5) is 0 Å². The van der Waals surface area contributed by atoms with E-state index < -0.39 is 47.8 Å². The van der Waals surface area contributed by atoms with Gasteiger partial charge in [0.2, 0.25) is 0 Å². The first kappa shape index (κ1) is 28.1. The van der Waals surface area contributed by atoms with Gasteiger partial charge in [-0.15, -0.1) is 0 Å². The van der Waals surface area contributed by atoms with Crippen LogP contribution in [0.5, 0.6) is 0 Å². The van der Waals surface area contributed by atoms with Gasteiger partial charge < -0.3 is 39.4 Å². The maximum absolute atomic E-state index is 12.4. The lowest BCUT2D eigenvalue weighted by Gasteiger charge is -2.63. The summed E-state index contributed by atoms with van der Waals surface area (Å²) in [5.41, 5.74) is -0.601. The van der Waals surface area contributed by atoms with E-state index in [1.807, 2.05) is 0 Å². The molecule has 0 aromatic carbocycles. The van der Waals surface area contributed by atoms with Crippen molar-refractivity contribution in [3.63, 3.8) is 0 Å². The number of esters is 1. The van der Waals surface area contributed by atoms with Crippen LogP contribution >= 0.6 is 0 Å². The third-order valence-corrected chi connectivity index (χ3v) is 12.3. The summed E-state index contributed by atoms with van der Waals surface area (Å²) in [5, 5.41) is 44.7. The second-order valence-corrected chi connectivity index (χ2v) is 13.9. The number of fused-ring (bicyclic) bond motifs is 5. The van der Waals surface area contributed by atoms with Crippen molar-refractivity contribution >= 4 is 5.97 Å². The van der Waals surface area contributed by atoms with Crippen LogP contribution in [0.25, 0.3) is 0 Å². The van der Waals surface area contributed by atoms with Gasteiger partial charge in [0.1, 0.15) is 24.9 Å². The highest BCUT2D eigenvalue weighted by atomic mass is 16.7. The third kappa shape index (κ3) is 4.09. The molecule has 0 aromatic rings. The van der Waals surface area contributed by atoms with E-state index in [1.165, 1.54) is 13.2 Å². The number of cyclic esters (lactones) is 1. The molecule has 0 radical (unpaired) electrons. The lowest BCUT2D eigenvalue weighted by Crippen LogP contribution is -2.62. The van der Waals surface area contributed by atoms with E-state index in [1.54, 1.807) is 6.92 Å². The van der Waals surface area contributed by atoms with Crippen LogP contribution in [0.15, 0.2) is 11.6 Å². The van der Waals surface area contributed by atoms with Crippen LogP contribution in [-0.4, -0.2) is 88.6 Å². The van der Waals surface area contributed by atoms with Crippen molar-refractivity contribution in [3.05, 3.63) is 11.6 Å². The molecule has 6 rings (SSSR count). The molecule has 9 nitrogen and oxygen atoms in total. The summed E-state index contributed by atoms with van der Waals surface area (Å²) in [4.78, 5) is 11.8. The van der Waals surface area contributed by atoms with Crippen LogP contribution in [-0.2, 0) is 23.7 Å². The first-order valence-corrected chi connectivity index (χ1v) is 14.9. The number of carbonyl (C=O) groups is 1. The molecule has 0 aromatic heterocycles. The van der Waals surface area contributed by atoms with Gasteiger partial charge in [0.15, 0.2) is 6.29 Å². The Hall–Kier alpha value is -1.07. The molecule has 0 unspecified atom stereocenters. The van der Waals surface area contributed by atoms with Gasteiger partial charge in [0, 0.05) is 30.9 Å². The van der Waals surface area contributed by atoms with E-state index in [0.717, 1.165) is 50.5 Å². The molecule has 6 aliphatic rings. The van der Waals surface area contributed by atoms with Crippen molar-refractivity contribution in [3.8, 4) is 0 Å². The second kappa shape index (κ2) is 9.75. The van der Waals surface area contributed by atoms with E-state index in [-0.39, 0.29) is 35.9 Å². The van der Waals surface area contributed by atoms with Gasteiger partial charge in [0.25, 0.3) is 0 Å². The van der Waals surface area contributed by atoms with Gasteiger partial charge in [-0.25, -0.2) is 4.79 Å². The smallest absolute Gasteiger partial charge is 0.331 e. The average molecular weight is 551 g/mol. The molecular formula is C30H46O9. The molecule has 1 saturated heterocycles. The van der Waals surface area contributed by atoms with E-state index in [0.29, 0.717) is 18.3 Å². The second-order valence-electron chi connectivity index (χ2n) is 13.9. The Morgan fingerprint density at radius 2 is 1.79 bits per heavy atom. The fourth-order valence-electron chi connectivity index (χ4n) is 10.2. The highest BCUT2D eigenvalue weighted by Gasteiger charge is 2.70. The Morgan fingerprint density at radius 3 is 2.49 bits per heavy atom. The van der Waals surface area contributed by atoms with Crippen LogP contribution in [0.2, 0.25) is 0 Å². The minimum absolute atomic E-state index is 0.0547. The lowest BCUT2D eigenvalue weighted by atomic mass is 9.43. The monoisotopic (exact) mass is 550 g/mol. The fourth-order valence-corrected chi connectivity index (χ4v) is 10.2. The number of carbonyl (C=O) groups excluding carboxylic acids is 1. The molecule has 4 saturated carbocycles. The van der Waals surface area contributed by atoms with Gasteiger partial charge in [-0.1, -0.05) is 13.8 Å². The summed E-state index contributed by atoms with van der Waals surface area (Å²) < 4.78 is 22.7. The molecule has 5 fully saturated rings. The summed E-state index contributed by atoms with van der Waals surface area (Å²) in [5.74, 6) is 0.260. The number of hydrogen-bond donors (Lipinski definition) is 4. The standard InChI is InChI=1S/C30H46O9/c1-15-24(33)26(36-4)25(34)27(38-15)39-18-7-9-28(2)17(12-18)5-6-20-19(28)8-10-29(3)23(16-11-22(32)37-14-16)21(31)13-30(20,29)35/h11,15,17-21,23-27,31,33-35H,5-10,12-14H2,1-4H3/t15-,17+,18-,19+,20-,21+,23+,24+,25-,26+,27+,28+,29-,30-/m1/s1. The molecule has 4 aliphatic carbocycles. The van der Waals surface area contributed by atoms with Crippen LogP contribution < -0.4 is 0 Å². The Morgan fingerprint density at radius 1 is 1.03 bits per heavy atom. The SMILES string of the molecule is CO[C@H]1[C@@H](O)[C@@H](C)O[C@@H](O[C@@H]2CC[C@@]3(C)[C@@H](CC[C@@H]4[C@@H]3CC[C@]3(C)[C@@H](C5=CC(=O)OC5)[C@@H](O)C[C@@]43O)C2)[C@@H]1O. The molecule has 0 bridgehead atoms. The van der Waals surface area contributed by atoms with E-state index >= 15 is 0 Å². The van der Waals surface area contributed by atoms with Crippen molar-refractivity contribution < 1.29 is 44.2 Å². The van der Waals surface area contributed by atoms with Gasteiger partial charge >= 0.3 is 5.97 Å². The number of aliphatic hydroxyl groups is 4. The van der Waals surface area contributed by atoms with Gasteiger partial charge in [0.05, 0.1) is 23.9 Å². The average Bonchev–Trinajstić information content (AvgIpc) is 3.39. The minimum Gasteiger partial charge on any atom is -0.458 e. The predicted octanol–water partition coefficient (Wildman–Crippen LogP) is 2.08. The summed E-state index contributed by atoms with van der Waals surface area (Å²) in [6, 6.07) is 0. The Bertz CT molecular complexity index is 1000. The van der Waals surface area contributed by atoms with Crippen molar-refractivity contribution in [1.82, 2.24) is 0 Å². The largest absolute Gasteiger partial charge is 0.458 e. The molecule has 0 amide bonds. The highest BCUT2D eigenvalue weighted by Crippen LogP contribution is 2.70. The molecule has 39 heavy (non-hydrogen) atoms. The lowest BCUT2D eigenvalue weighted by molar-refractivity contribution is -0.313. The zero-order valence-corrected chi connectivity index (χ0v) is 23.6. The normalized spacial score (nSPS) is 55.3.